The zero-order chi connectivity index (χ0) is 14.3. The summed E-state index contributed by atoms with van der Waals surface area (Å²) in [4.78, 5) is 33.9. The van der Waals surface area contributed by atoms with Gasteiger partial charge in [-0.05, 0) is 0 Å². The fourth-order valence-electron chi connectivity index (χ4n) is 2.84. The van der Waals surface area contributed by atoms with Gasteiger partial charge < -0.3 is 10.2 Å². The van der Waals surface area contributed by atoms with Crippen molar-refractivity contribution >= 4 is 11.8 Å². The average Bonchev–Trinajstić information content (AvgIpc) is 2.95. The van der Waals surface area contributed by atoms with E-state index in [0.29, 0.717) is 25.1 Å². The van der Waals surface area contributed by atoms with Gasteiger partial charge in [0, 0.05) is 43.7 Å². The standard InChI is InChI=1S/C14H18N4O2/c1-8(2)13-15-4-10(5-16-13)14(20)18-6-9-3-12(19)17-11(9)7-18/h4-5,8-9,11H,3,6-7H2,1-2H3,(H,17,19)/t9-,11+/m0/s1. The molecule has 6 nitrogen and oxygen atoms in total. The Morgan fingerprint density at radius 1 is 1.35 bits per heavy atom. The predicted molar refractivity (Wildman–Crippen MR) is 72.1 cm³/mol. The largest absolute Gasteiger partial charge is 0.351 e. The van der Waals surface area contributed by atoms with E-state index in [0.717, 1.165) is 5.82 Å². The first-order chi connectivity index (χ1) is 9.54. The van der Waals surface area contributed by atoms with Gasteiger partial charge in [0.15, 0.2) is 0 Å². The number of hydrogen-bond donors (Lipinski definition) is 1. The lowest BCUT2D eigenvalue weighted by Crippen LogP contribution is -2.35. The number of fused-ring (bicyclic) bond motifs is 1. The Morgan fingerprint density at radius 2 is 2.05 bits per heavy atom. The summed E-state index contributed by atoms with van der Waals surface area (Å²) in [6.07, 6.45) is 3.71. The molecule has 2 fully saturated rings. The smallest absolute Gasteiger partial charge is 0.257 e. The molecule has 0 spiro atoms. The van der Waals surface area contributed by atoms with Gasteiger partial charge in [-0.3, -0.25) is 9.59 Å². The van der Waals surface area contributed by atoms with E-state index in [1.807, 2.05) is 13.8 Å². The number of hydrogen-bond acceptors (Lipinski definition) is 4. The SMILES string of the molecule is CC(C)c1ncc(C(=O)N2C[C@@H]3CC(=O)N[C@@H]3C2)cn1. The van der Waals surface area contributed by atoms with Crippen LogP contribution in [-0.2, 0) is 4.79 Å². The molecule has 2 aliphatic rings. The summed E-state index contributed by atoms with van der Waals surface area (Å²) >= 11 is 0. The Kier molecular flexibility index (Phi) is 3.16. The maximum Gasteiger partial charge on any atom is 0.257 e. The lowest BCUT2D eigenvalue weighted by atomic mass is 10.1. The lowest BCUT2D eigenvalue weighted by molar-refractivity contribution is -0.119. The number of likely N-dealkylation sites (tertiary alicyclic amines) is 1. The molecule has 1 N–H and O–H groups in total. The highest BCUT2D eigenvalue weighted by atomic mass is 16.2. The topological polar surface area (TPSA) is 75.2 Å². The summed E-state index contributed by atoms with van der Waals surface area (Å²) in [7, 11) is 0. The normalized spacial score (nSPS) is 24.9. The van der Waals surface area contributed by atoms with Crippen LogP contribution in [0.15, 0.2) is 12.4 Å². The second kappa shape index (κ2) is 4.85. The van der Waals surface area contributed by atoms with Crippen molar-refractivity contribution in [2.24, 2.45) is 5.92 Å². The minimum absolute atomic E-state index is 0.0519. The Hall–Kier alpha value is -1.98. The summed E-state index contributed by atoms with van der Waals surface area (Å²) in [5.41, 5.74) is 0.515. The van der Waals surface area contributed by atoms with Crippen LogP contribution < -0.4 is 5.32 Å². The number of nitrogens with zero attached hydrogens (tertiary/aromatic N) is 3. The van der Waals surface area contributed by atoms with Crippen LogP contribution in [0, 0.1) is 5.92 Å². The molecular formula is C14H18N4O2. The van der Waals surface area contributed by atoms with Gasteiger partial charge in [-0.1, -0.05) is 13.8 Å². The Bertz CT molecular complexity index is 525. The Labute approximate surface area is 117 Å². The van der Waals surface area contributed by atoms with Gasteiger partial charge in [0.25, 0.3) is 5.91 Å². The molecule has 2 amide bonds. The molecule has 0 radical (unpaired) electrons. The van der Waals surface area contributed by atoms with Crippen molar-refractivity contribution < 1.29 is 9.59 Å². The van der Waals surface area contributed by atoms with Crippen molar-refractivity contribution in [3.63, 3.8) is 0 Å². The summed E-state index contributed by atoms with van der Waals surface area (Å²) in [6.45, 7) is 5.25. The van der Waals surface area contributed by atoms with Crippen LogP contribution in [0.1, 0.15) is 42.4 Å². The molecule has 2 atom stereocenters. The molecule has 0 bridgehead atoms. The number of carbonyl (C=O) groups is 2. The molecule has 0 unspecified atom stereocenters. The van der Waals surface area contributed by atoms with Gasteiger partial charge in [-0.25, -0.2) is 9.97 Å². The maximum atomic E-state index is 12.4. The highest BCUT2D eigenvalue weighted by molar-refractivity contribution is 5.94. The van der Waals surface area contributed by atoms with Crippen LogP contribution in [-0.4, -0.2) is 45.8 Å². The van der Waals surface area contributed by atoms with E-state index in [9.17, 15) is 9.59 Å². The molecule has 6 heteroatoms. The quantitative estimate of drug-likeness (QED) is 0.855. The number of rotatable bonds is 2. The van der Waals surface area contributed by atoms with Crippen molar-refractivity contribution in [2.45, 2.75) is 32.2 Å². The Balaban J connectivity index is 1.69. The first-order valence-electron chi connectivity index (χ1n) is 6.95. The van der Waals surface area contributed by atoms with E-state index in [1.165, 1.54) is 0 Å². The molecule has 3 heterocycles. The van der Waals surface area contributed by atoms with Crippen LogP contribution in [0.5, 0.6) is 0 Å². The van der Waals surface area contributed by atoms with E-state index in [4.69, 9.17) is 0 Å². The number of aromatic nitrogens is 2. The fraction of sp³-hybridized carbons (Fsp3) is 0.571. The third-order valence-electron chi connectivity index (χ3n) is 3.96. The molecular weight excluding hydrogens is 256 g/mol. The third kappa shape index (κ3) is 2.26. The van der Waals surface area contributed by atoms with Gasteiger partial charge in [0.2, 0.25) is 5.91 Å². The molecule has 0 aliphatic carbocycles. The van der Waals surface area contributed by atoms with Gasteiger partial charge >= 0.3 is 0 Å². The molecule has 1 aromatic rings. The fourth-order valence-corrected chi connectivity index (χ4v) is 2.84. The summed E-state index contributed by atoms with van der Waals surface area (Å²) in [5.74, 6) is 1.29. The van der Waals surface area contributed by atoms with Crippen molar-refractivity contribution in [2.75, 3.05) is 13.1 Å². The molecule has 20 heavy (non-hydrogen) atoms. The monoisotopic (exact) mass is 274 g/mol. The second-order valence-corrected chi connectivity index (χ2v) is 5.83. The van der Waals surface area contributed by atoms with Gasteiger partial charge in [-0.15, -0.1) is 0 Å². The molecule has 3 rings (SSSR count). The van der Waals surface area contributed by atoms with Crippen LogP contribution >= 0.6 is 0 Å². The molecule has 0 saturated carbocycles. The van der Waals surface area contributed by atoms with Crippen LogP contribution in [0.25, 0.3) is 0 Å². The summed E-state index contributed by atoms with van der Waals surface area (Å²) < 4.78 is 0. The molecule has 1 aromatic heterocycles. The summed E-state index contributed by atoms with van der Waals surface area (Å²) in [6, 6.07) is 0.113. The van der Waals surface area contributed by atoms with E-state index < -0.39 is 0 Å². The second-order valence-electron chi connectivity index (χ2n) is 5.83. The molecule has 2 aliphatic heterocycles. The van der Waals surface area contributed by atoms with E-state index >= 15 is 0 Å². The van der Waals surface area contributed by atoms with Gasteiger partial charge in [0.05, 0.1) is 11.6 Å². The van der Waals surface area contributed by atoms with E-state index in [1.54, 1.807) is 17.3 Å². The first-order valence-corrected chi connectivity index (χ1v) is 6.95. The van der Waals surface area contributed by atoms with Crippen LogP contribution in [0.2, 0.25) is 0 Å². The van der Waals surface area contributed by atoms with Crippen molar-refractivity contribution in [1.82, 2.24) is 20.2 Å². The minimum Gasteiger partial charge on any atom is -0.351 e. The van der Waals surface area contributed by atoms with Gasteiger partial charge in [0.1, 0.15) is 5.82 Å². The zero-order valence-corrected chi connectivity index (χ0v) is 11.7. The minimum atomic E-state index is -0.0519. The third-order valence-corrected chi connectivity index (χ3v) is 3.96. The van der Waals surface area contributed by atoms with Gasteiger partial charge in [-0.2, -0.15) is 0 Å². The van der Waals surface area contributed by atoms with Crippen molar-refractivity contribution in [1.29, 1.82) is 0 Å². The molecule has 0 aromatic carbocycles. The lowest BCUT2D eigenvalue weighted by Gasteiger charge is -2.17. The highest BCUT2D eigenvalue weighted by Gasteiger charge is 2.41. The Morgan fingerprint density at radius 3 is 2.65 bits per heavy atom. The molecule has 106 valence electrons. The van der Waals surface area contributed by atoms with E-state index in [-0.39, 0.29) is 29.7 Å². The highest BCUT2D eigenvalue weighted by Crippen LogP contribution is 2.26. The van der Waals surface area contributed by atoms with Crippen LogP contribution in [0.4, 0.5) is 0 Å². The average molecular weight is 274 g/mol. The number of nitrogens with one attached hydrogen (secondary N) is 1. The molecule has 2 saturated heterocycles. The zero-order valence-electron chi connectivity index (χ0n) is 11.7. The van der Waals surface area contributed by atoms with Crippen LogP contribution in [0.3, 0.4) is 0 Å². The predicted octanol–water partition coefficient (Wildman–Crippen LogP) is 0.560. The maximum absolute atomic E-state index is 12.4. The van der Waals surface area contributed by atoms with Crippen molar-refractivity contribution in [3.8, 4) is 0 Å². The van der Waals surface area contributed by atoms with Crippen molar-refractivity contribution in [3.05, 3.63) is 23.8 Å². The number of carbonyl (C=O) groups excluding carboxylic acids is 2. The van der Waals surface area contributed by atoms with E-state index in [2.05, 4.69) is 15.3 Å². The number of amides is 2. The first kappa shape index (κ1) is 13.0. The summed E-state index contributed by atoms with van der Waals surface area (Å²) in [5, 5.41) is 2.91.